The van der Waals surface area contributed by atoms with Crippen molar-refractivity contribution in [3.63, 3.8) is 0 Å². The number of aromatic nitrogens is 2. The van der Waals surface area contributed by atoms with Crippen LogP contribution < -0.4 is 5.56 Å². The minimum absolute atomic E-state index is 0.137. The molecule has 0 spiro atoms. The van der Waals surface area contributed by atoms with E-state index in [2.05, 4.69) is 9.97 Å². The number of hydrogen-bond donors (Lipinski definition) is 1. The molecule has 0 amide bonds. The van der Waals surface area contributed by atoms with E-state index >= 15 is 0 Å². The fourth-order valence-corrected chi connectivity index (χ4v) is 2.28. The first-order chi connectivity index (χ1) is 8.16. The van der Waals surface area contributed by atoms with Gasteiger partial charge in [0.05, 0.1) is 10.9 Å². The Kier molecular flexibility index (Phi) is 2.16. The van der Waals surface area contributed by atoms with E-state index in [4.69, 9.17) is 11.6 Å². The summed E-state index contributed by atoms with van der Waals surface area (Å²) >= 11 is 6.08. The van der Waals surface area contributed by atoms with Gasteiger partial charge < -0.3 is 4.98 Å². The van der Waals surface area contributed by atoms with Gasteiger partial charge in [-0.05, 0) is 25.1 Å². The average Bonchev–Trinajstić information content (AvgIpc) is 2.30. The SMILES string of the molecule is Cc1ccc2nc(Cl)c3cc[nH]c(=O)c3c2c1. The number of nitrogens with one attached hydrogen (secondary N) is 1. The molecule has 17 heavy (non-hydrogen) atoms. The number of aryl methyl sites for hydroxylation is 1. The molecule has 3 rings (SSSR count). The van der Waals surface area contributed by atoms with Crippen molar-refractivity contribution in [2.45, 2.75) is 6.92 Å². The third-order valence-electron chi connectivity index (χ3n) is 2.82. The molecule has 4 heteroatoms. The summed E-state index contributed by atoms with van der Waals surface area (Å²) in [6.07, 6.45) is 1.58. The number of nitrogens with zero attached hydrogens (tertiary/aromatic N) is 1. The Balaban J connectivity index is 2.70. The molecule has 3 nitrogen and oxygen atoms in total. The summed E-state index contributed by atoms with van der Waals surface area (Å²) < 4.78 is 0. The van der Waals surface area contributed by atoms with E-state index in [1.54, 1.807) is 12.3 Å². The molecule has 1 aromatic carbocycles. The van der Waals surface area contributed by atoms with E-state index in [0.717, 1.165) is 16.5 Å². The maximum Gasteiger partial charge on any atom is 0.256 e. The van der Waals surface area contributed by atoms with Crippen molar-refractivity contribution in [3.8, 4) is 0 Å². The van der Waals surface area contributed by atoms with Gasteiger partial charge in [0.1, 0.15) is 5.15 Å². The lowest BCUT2D eigenvalue weighted by Crippen LogP contribution is -2.06. The van der Waals surface area contributed by atoms with Crippen LogP contribution in [0.4, 0.5) is 0 Å². The predicted octanol–water partition coefficient (Wildman–Crippen LogP) is 3.04. The number of rotatable bonds is 0. The summed E-state index contributed by atoms with van der Waals surface area (Å²) in [5.41, 5.74) is 1.69. The van der Waals surface area contributed by atoms with Crippen molar-refractivity contribution in [1.29, 1.82) is 0 Å². The van der Waals surface area contributed by atoms with Gasteiger partial charge in [0.15, 0.2) is 0 Å². The van der Waals surface area contributed by atoms with Crippen LogP contribution in [0.25, 0.3) is 21.7 Å². The Labute approximate surface area is 102 Å². The molecule has 0 aliphatic rings. The lowest BCUT2D eigenvalue weighted by Gasteiger charge is -2.05. The quantitative estimate of drug-likeness (QED) is 0.488. The van der Waals surface area contributed by atoms with E-state index in [9.17, 15) is 4.79 Å². The monoisotopic (exact) mass is 244 g/mol. The number of fused-ring (bicyclic) bond motifs is 3. The normalized spacial score (nSPS) is 11.2. The maximum atomic E-state index is 11.9. The van der Waals surface area contributed by atoms with Gasteiger partial charge in [-0.15, -0.1) is 0 Å². The summed E-state index contributed by atoms with van der Waals surface area (Å²) in [6.45, 7) is 1.98. The van der Waals surface area contributed by atoms with Crippen molar-refractivity contribution in [2.75, 3.05) is 0 Å². The van der Waals surface area contributed by atoms with Crippen molar-refractivity contribution in [1.82, 2.24) is 9.97 Å². The Hall–Kier alpha value is -1.87. The van der Waals surface area contributed by atoms with Crippen molar-refractivity contribution >= 4 is 33.3 Å². The first kappa shape index (κ1) is 10.3. The molecule has 2 aromatic heterocycles. The zero-order chi connectivity index (χ0) is 12.0. The Morgan fingerprint density at radius 2 is 2.06 bits per heavy atom. The molecular formula is C13H9ClN2O. The highest BCUT2D eigenvalue weighted by Gasteiger charge is 2.09. The summed E-state index contributed by atoms with van der Waals surface area (Å²) in [4.78, 5) is 18.9. The largest absolute Gasteiger partial charge is 0.329 e. The number of H-pyrrole nitrogens is 1. The van der Waals surface area contributed by atoms with Gasteiger partial charge in [-0.1, -0.05) is 23.2 Å². The lowest BCUT2D eigenvalue weighted by molar-refractivity contribution is 1.27. The molecule has 0 saturated carbocycles. The van der Waals surface area contributed by atoms with Gasteiger partial charge in [0.25, 0.3) is 5.56 Å². The molecule has 3 aromatic rings. The van der Waals surface area contributed by atoms with E-state index in [1.165, 1.54) is 0 Å². The maximum absolute atomic E-state index is 11.9. The Bertz CT molecular complexity index is 792. The molecule has 0 aliphatic heterocycles. The number of halogens is 1. The van der Waals surface area contributed by atoms with Gasteiger partial charge in [-0.25, -0.2) is 4.98 Å². The molecule has 84 valence electrons. The van der Waals surface area contributed by atoms with E-state index < -0.39 is 0 Å². The average molecular weight is 245 g/mol. The minimum atomic E-state index is -0.137. The molecule has 2 heterocycles. The van der Waals surface area contributed by atoms with Crippen LogP contribution in [-0.2, 0) is 0 Å². The van der Waals surface area contributed by atoms with Crippen molar-refractivity contribution < 1.29 is 0 Å². The van der Waals surface area contributed by atoms with Crippen LogP contribution in [0.15, 0.2) is 35.3 Å². The Morgan fingerprint density at radius 1 is 1.24 bits per heavy atom. The second kappa shape index (κ2) is 3.57. The van der Waals surface area contributed by atoms with Crippen LogP contribution in [0, 0.1) is 6.92 Å². The topological polar surface area (TPSA) is 45.8 Å². The van der Waals surface area contributed by atoms with Crippen LogP contribution in [0.2, 0.25) is 5.15 Å². The third kappa shape index (κ3) is 1.51. The summed E-state index contributed by atoms with van der Waals surface area (Å²) in [5, 5.41) is 2.49. The smallest absolute Gasteiger partial charge is 0.256 e. The lowest BCUT2D eigenvalue weighted by atomic mass is 10.1. The van der Waals surface area contributed by atoms with Gasteiger partial charge in [0, 0.05) is 17.0 Å². The minimum Gasteiger partial charge on any atom is -0.329 e. The Morgan fingerprint density at radius 3 is 2.88 bits per heavy atom. The fraction of sp³-hybridized carbons (Fsp3) is 0.0769. The van der Waals surface area contributed by atoms with Crippen LogP contribution in [0.5, 0.6) is 0 Å². The highest BCUT2D eigenvalue weighted by atomic mass is 35.5. The molecule has 0 unspecified atom stereocenters. The molecule has 0 fully saturated rings. The van der Waals surface area contributed by atoms with Crippen LogP contribution >= 0.6 is 11.6 Å². The number of pyridine rings is 2. The molecule has 0 atom stereocenters. The number of benzene rings is 1. The first-order valence-electron chi connectivity index (χ1n) is 5.24. The van der Waals surface area contributed by atoms with E-state index in [1.807, 2.05) is 25.1 Å². The van der Waals surface area contributed by atoms with Crippen molar-refractivity contribution in [3.05, 3.63) is 51.5 Å². The molecule has 1 N–H and O–H groups in total. The van der Waals surface area contributed by atoms with Crippen LogP contribution in [0.3, 0.4) is 0 Å². The van der Waals surface area contributed by atoms with Crippen molar-refractivity contribution in [2.24, 2.45) is 0 Å². The first-order valence-corrected chi connectivity index (χ1v) is 5.62. The second-order valence-corrected chi connectivity index (χ2v) is 4.38. The molecule has 0 aliphatic carbocycles. The fourth-order valence-electron chi connectivity index (χ4n) is 2.03. The number of aromatic amines is 1. The predicted molar refractivity (Wildman–Crippen MR) is 69.6 cm³/mol. The zero-order valence-electron chi connectivity index (χ0n) is 9.12. The van der Waals surface area contributed by atoms with Crippen LogP contribution in [-0.4, -0.2) is 9.97 Å². The standard InChI is InChI=1S/C13H9ClN2O/c1-7-2-3-10-9(6-7)11-8(12(14)16-10)4-5-15-13(11)17/h2-6H,1H3,(H,15,17). The van der Waals surface area contributed by atoms with Gasteiger partial charge >= 0.3 is 0 Å². The van der Waals surface area contributed by atoms with Crippen LogP contribution in [0.1, 0.15) is 5.56 Å². The summed E-state index contributed by atoms with van der Waals surface area (Å²) in [7, 11) is 0. The highest BCUT2D eigenvalue weighted by molar-refractivity contribution is 6.35. The van der Waals surface area contributed by atoms with E-state index in [0.29, 0.717) is 15.9 Å². The highest BCUT2D eigenvalue weighted by Crippen LogP contribution is 2.26. The summed E-state index contributed by atoms with van der Waals surface area (Å²) in [5.74, 6) is 0. The van der Waals surface area contributed by atoms with E-state index in [-0.39, 0.29) is 5.56 Å². The molecule has 0 bridgehead atoms. The molecule has 0 radical (unpaired) electrons. The summed E-state index contributed by atoms with van der Waals surface area (Å²) in [6, 6.07) is 7.56. The number of hydrogen-bond acceptors (Lipinski definition) is 2. The molecular weight excluding hydrogens is 236 g/mol. The van der Waals surface area contributed by atoms with Gasteiger partial charge in [0.2, 0.25) is 0 Å². The zero-order valence-corrected chi connectivity index (χ0v) is 9.88. The van der Waals surface area contributed by atoms with Gasteiger partial charge in [-0.3, -0.25) is 4.79 Å². The second-order valence-electron chi connectivity index (χ2n) is 4.02. The van der Waals surface area contributed by atoms with Gasteiger partial charge in [-0.2, -0.15) is 0 Å². The third-order valence-corrected chi connectivity index (χ3v) is 3.11. The molecule has 0 saturated heterocycles.